The maximum absolute atomic E-state index is 11.8. The summed E-state index contributed by atoms with van der Waals surface area (Å²) in [6.07, 6.45) is -0.455. The van der Waals surface area contributed by atoms with Gasteiger partial charge in [0.05, 0.1) is 17.2 Å². The van der Waals surface area contributed by atoms with Crippen LogP contribution < -0.4 is 10.6 Å². The summed E-state index contributed by atoms with van der Waals surface area (Å²) in [5.41, 5.74) is 2.18. The van der Waals surface area contributed by atoms with Crippen molar-refractivity contribution in [3.8, 4) is 0 Å². The van der Waals surface area contributed by atoms with Crippen molar-refractivity contribution in [2.24, 2.45) is 0 Å². The molecule has 1 aromatic carbocycles. The third kappa shape index (κ3) is 5.56. The van der Waals surface area contributed by atoms with Gasteiger partial charge in [0.25, 0.3) is 0 Å². The first-order chi connectivity index (χ1) is 10.7. The van der Waals surface area contributed by atoms with Crippen molar-refractivity contribution in [1.29, 1.82) is 0 Å². The van der Waals surface area contributed by atoms with Gasteiger partial charge in [0.2, 0.25) is 0 Å². The Morgan fingerprint density at radius 1 is 1.26 bits per heavy atom. The first kappa shape index (κ1) is 17.3. The van der Waals surface area contributed by atoms with Gasteiger partial charge < -0.3 is 10.1 Å². The second kappa shape index (κ2) is 7.00. The second-order valence-electron chi connectivity index (χ2n) is 6.30. The van der Waals surface area contributed by atoms with Crippen LogP contribution in [0.5, 0.6) is 0 Å². The molecule has 0 aliphatic heterocycles. The Bertz CT molecular complexity index is 689. The maximum atomic E-state index is 11.8. The summed E-state index contributed by atoms with van der Waals surface area (Å²) >= 11 is 1.69. The molecule has 124 valence electrons. The number of nitrogens with one attached hydrogen (secondary N) is 2. The van der Waals surface area contributed by atoms with Gasteiger partial charge in [-0.15, -0.1) is 11.3 Å². The van der Waals surface area contributed by atoms with Crippen LogP contribution >= 0.6 is 11.3 Å². The van der Waals surface area contributed by atoms with Crippen molar-refractivity contribution in [3.05, 3.63) is 39.8 Å². The fourth-order valence-electron chi connectivity index (χ4n) is 2.05. The molecule has 1 heterocycles. The average Bonchev–Trinajstić information content (AvgIpc) is 2.73. The highest BCUT2D eigenvalue weighted by Gasteiger charge is 2.16. The van der Waals surface area contributed by atoms with Crippen molar-refractivity contribution < 1.29 is 9.53 Å². The monoisotopic (exact) mass is 333 g/mol. The van der Waals surface area contributed by atoms with Gasteiger partial charge in [0.15, 0.2) is 0 Å². The molecular formula is C17H23N3O2S. The second-order valence-corrected chi connectivity index (χ2v) is 7.59. The fraction of sp³-hybridized carbons (Fsp3) is 0.412. The topological polar surface area (TPSA) is 63.2 Å². The highest BCUT2D eigenvalue weighted by atomic mass is 32.1. The highest BCUT2D eigenvalue weighted by molar-refractivity contribution is 7.11. The van der Waals surface area contributed by atoms with Gasteiger partial charge in [-0.05, 0) is 52.8 Å². The number of aryl methyl sites for hydroxylation is 2. The molecule has 2 aromatic rings. The van der Waals surface area contributed by atoms with Crippen molar-refractivity contribution in [2.75, 3.05) is 10.6 Å². The first-order valence-electron chi connectivity index (χ1n) is 7.50. The van der Waals surface area contributed by atoms with E-state index in [0.29, 0.717) is 12.2 Å². The van der Waals surface area contributed by atoms with Crippen molar-refractivity contribution in [1.82, 2.24) is 4.98 Å². The van der Waals surface area contributed by atoms with E-state index in [1.165, 1.54) is 4.88 Å². The Balaban J connectivity index is 1.97. The molecule has 0 saturated heterocycles. The average molecular weight is 333 g/mol. The van der Waals surface area contributed by atoms with Crippen molar-refractivity contribution in [2.45, 2.75) is 46.8 Å². The molecule has 1 amide bonds. The lowest BCUT2D eigenvalue weighted by Gasteiger charge is -2.19. The Labute approximate surface area is 141 Å². The minimum Gasteiger partial charge on any atom is -0.444 e. The molecule has 0 saturated carbocycles. The number of carbonyl (C=O) groups excluding carboxylic acids is 1. The smallest absolute Gasteiger partial charge is 0.412 e. The van der Waals surface area contributed by atoms with E-state index >= 15 is 0 Å². The third-order valence-electron chi connectivity index (χ3n) is 2.96. The van der Waals surface area contributed by atoms with Crippen LogP contribution in [-0.4, -0.2) is 16.7 Å². The number of thiazole rings is 1. The standard InChI is InChI=1S/C17H23N3O2S/c1-11-15(23-12(2)19-11)10-18-13-7-6-8-14(9-13)20-16(21)22-17(3,4)5/h6-9,18H,10H2,1-5H3,(H,20,21). The van der Waals surface area contributed by atoms with Gasteiger partial charge in [0.1, 0.15) is 5.60 Å². The van der Waals surface area contributed by atoms with E-state index < -0.39 is 11.7 Å². The van der Waals surface area contributed by atoms with Crippen molar-refractivity contribution >= 4 is 28.8 Å². The quantitative estimate of drug-likeness (QED) is 0.850. The number of carbonyl (C=O) groups is 1. The number of amides is 1. The summed E-state index contributed by atoms with van der Waals surface area (Å²) in [5, 5.41) is 7.17. The van der Waals surface area contributed by atoms with Crippen LogP contribution in [-0.2, 0) is 11.3 Å². The van der Waals surface area contributed by atoms with Crippen molar-refractivity contribution in [3.63, 3.8) is 0 Å². The number of benzene rings is 1. The SMILES string of the molecule is Cc1nc(C)c(CNc2cccc(NC(=O)OC(C)(C)C)c2)s1. The highest BCUT2D eigenvalue weighted by Crippen LogP contribution is 2.21. The summed E-state index contributed by atoms with van der Waals surface area (Å²) in [6.45, 7) is 10.2. The molecule has 2 N–H and O–H groups in total. The molecule has 0 bridgehead atoms. The van der Waals surface area contributed by atoms with Gasteiger partial charge >= 0.3 is 6.09 Å². The predicted octanol–water partition coefficient (Wildman–Crippen LogP) is 4.72. The molecule has 23 heavy (non-hydrogen) atoms. The van der Waals surface area contributed by atoms with Crippen LogP contribution in [0.25, 0.3) is 0 Å². The molecule has 1 aromatic heterocycles. The van der Waals surface area contributed by atoms with Crippen LogP contribution in [0.2, 0.25) is 0 Å². The molecule has 0 radical (unpaired) electrons. The molecule has 0 aliphatic carbocycles. The van der Waals surface area contributed by atoms with Crippen LogP contribution in [0.15, 0.2) is 24.3 Å². The van der Waals surface area contributed by atoms with Gasteiger partial charge in [0, 0.05) is 16.3 Å². The Morgan fingerprint density at radius 2 is 1.96 bits per heavy atom. The van der Waals surface area contributed by atoms with Crippen LogP contribution in [0, 0.1) is 13.8 Å². The van der Waals surface area contributed by atoms with E-state index in [2.05, 4.69) is 15.6 Å². The number of anilines is 2. The molecule has 0 unspecified atom stereocenters. The zero-order chi connectivity index (χ0) is 17.0. The number of rotatable bonds is 4. The lowest BCUT2D eigenvalue weighted by Crippen LogP contribution is -2.27. The number of nitrogens with zero attached hydrogens (tertiary/aromatic N) is 1. The van der Waals surface area contributed by atoms with Gasteiger partial charge in [-0.1, -0.05) is 6.07 Å². The zero-order valence-corrected chi connectivity index (χ0v) is 15.0. The molecular weight excluding hydrogens is 310 g/mol. The minimum absolute atomic E-state index is 0.455. The maximum Gasteiger partial charge on any atom is 0.412 e. The normalized spacial score (nSPS) is 11.2. The molecule has 0 spiro atoms. The molecule has 6 heteroatoms. The summed E-state index contributed by atoms with van der Waals surface area (Å²) < 4.78 is 5.25. The summed E-state index contributed by atoms with van der Waals surface area (Å²) in [4.78, 5) is 17.4. The van der Waals surface area contributed by atoms with E-state index in [-0.39, 0.29) is 0 Å². The molecule has 0 aliphatic rings. The number of aromatic nitrogens is 1. The molecule has 2 rings (SSSR count). The largest absolute Gasteiger partial charge is 0.444 e. The van der Waals surface area contributed by atoms with E-state index in [1.807, 2.05) is 58.9 Å². The predicted molar refractivity (Wildman–Crippen MR) is 95.2 cm³/mol. The minimum atomic E-state index is -0.512. The lowest BCUT2D eigenvalue weighted by atomic mass is 10.2. The zero-order valence-electron chi connectivity index (χ0n) is 14.2. The van der Waals surface area contributed by atoms with E-state index in [1.54, 1.807) is 11.3 Å². The van der Waals surface area contributed by atoms with Gasteiger partial charge in [-0.2, -0.15) is 0 Å². The molecule has 5 nitrogen and oxygen atoms in total. The Morgan fingerprint density at radius 3 is 2.57 bits per heavy atom. The van der Waals surface area contributed by atoms with E-state index in [4.69, 9.17) is 4.74 Å². The van der Waals surface area contributed by atoms with E-state index in [9.17, 15) is 4.79 Å². The Kier molecular flexibility index (Phi) is 5.26. The van der Waals surface area contributed by atoms with E-state index in [0.717, 1.165) is 16.4 Å². The lowest BCUT2D eigenvalue weighted by molar-refractivity contribution is 0.0636. The van der Waals surface area contributed by atoms with Crippen LogP contribution in [0.4, 0.5) is 16.2 Å². The van der Waals surface area contributed by atoms with Gasteiger partial charge in [-0.3, -0.25) is 5.32 Å². The van der Waals surface area contributed by atoms with Gasteiger partial charge in [-0.25, -0.2) is 9.78 Å². The third-order valence-corrected chi connectivity index (χ3v) is 4.03. The number of hydrogen-bond donors (Lipinski definition) is 2. The van der Waals surface area contributed by atoms with Crippen LogP contribution in [0.3, 0.4) is 0 Å². The first-order valence-corrected chi connectivity index (χ1v) is 8.31. The summed E-state index contributed by atoms with van der Waals surface area (Å²) in [7, 11) is 0. The number of ether oxygens (including phenoxy) is 1. The summed E-state index contributed by atoms with van der Waals surface area (Å²) in [5.74, 6) is 0. The molecule has 0 fully saturated rings. The van der Waals surface area contributed by atoms with Crippen LogP contribution in [0.1, 0.15) is 36.3 Å². The molecule has 0 atom stereocenters. The number of hydrogen-bond acceptors (Lipinski definition) is 5. The Hall–Kier alpha value is -2.08. The summed E-state index contributed by atoms with van der Waals surface area (Å²) in [6, 6.07) is 7.56. The fourth-order valence-corrected chi connectivity index (χ4v) is 2.93.